The van der Waals surface area contributed by atoms with Crippen LogP contribution in [0.1, 0.15) is 26.2 Å². The van der Waals surface area contributed by atoms with Crippen LogP contribution in [0.15, 0.2) is 58.6 Å². The number of piperidine rings is 1. The highest BCUT2D eigenvalue weighted by Gasteiger charge is 2.24. The number of benzene rings is 1. The molecule has 0 bridgehead atoms. The van der Waals surface area contributed by atoms with Gasteiger partial charge in [-0.25, -0.2) is 9.97 Å². The van der Waals surface area contributed by atoms with Crippen LogP contribution in [0.5, 0.6) is 0 Å². The second kappa shape index (κ2) is 8.14. The summed E-state index contributed by atoms with van der Waals surface area (Å²) in [6.07, 6.45) is 4.89. The number of para-hydroxylation sites is 1. The van der Waals surface area contributed by atoms with Crippen LogP contribution in [0.3, 0.4) is 0 Å². The van der Waals surface area contributed by atoms with Crippen molar-refractivity contribution in [2.45, 2.75) is 37.4 Å². The number of aromatic nitrogens is 3. The van der Waals surface area contributed by atoms with Crippen molar-refractivity contribution in [2.24, 2.45) is 0 Å². The summed E-state index contributed by atoms with van der Waals surface area (Å²) in [7, 11) is 0. The smallest absolute Gasteiger partial charge is 0.268 e. The van der Waals surface area contributed by atoms with Gasteiger partial charge in [-0.1, -0.05) is 30.0 Å². The Bertz CT molecular complexity index is 1050. The second-order valence-electron chi connectivity index (χ2n) is 6.97. The molecule has 1 fully saturated rings. The molecule has 0 saturated carbocycles. The van der Waals surface area contributed by atoms with Crippen molar-refractivity contribution in [1.82, 2.24) is 19.4 Å². The third-order valence-corrected chi connectivity index (χ3v) is 6.00. The van der Waals surface area contributed by atoms with Crippen LogP contribution in [0, 0.1) is 0 Å². The van der Waals surface area contributed by atoms with E-state index in [1.165, 1.54) is 18.2 Å². The average molecular weight is 395 g/mol. The van der Waals surface area contributed by atoms with Gasteiger partial charge in [0, 0.05) is 18.8 Å². The molecule has 1 saturated heterocycles. The molecule has 1 aromatic carbocycles. The molecule has 1 aliphatic rings. The Hall–Kier alpha value is -2.67. The minimum atomic E-state index is -0.175. The van der Waals surface area contributed by atoms with Gasteiger partial charge in [0.2, 0.25) is 5.91 Å². The lowest BCUT2D eigenvalue weighted by Gasteiger charge is -2.33. The molecule has 0 spiro atoms. The van der Waals surface area contributed by atoms with Gasteiger partial charge in [0.05, 0.1) is 16.8 Å². The number of amides is 1. The summed E-state index contributed by atoms with van der Waals surface area (Å²) in [6, 6.07) is 13.1. The molecule has 0 aliphatic carbocycles. The zero-order valence-corrected chi connectivity index (χ0v) is 16.6. The Morgan fingerprint density at radius 1 is 1.18 bits per heavy atom. The van der Waals surface area contributed by atoms with E-state index in [0.717, 1.165) is 25.1 Å². The number of rotatable bonds is 4. The van der Waals surface area contributed by atoms with Gasteiger partial charge in [-0.05, 0) is 50.5 Å². The average Bonchev–Trinajstić information content (AvgIpc) is 2.73. The molecule has 1 atom stereocenters. The maximum atomic E-state index is 13.1. The van der Waals surface area contributed by atoms with Gasteiger partial charge in [-0.15, -0.1) is 0 Å². The van der Waals surface area contributed by atoms with Crippen molar-refractivity contribution in [2.75, 3.05) is 12.3 Å². The van der Waals surface area contributed by atoms with Gasteiger partial charge < -0.3 is 4.90 Å². The van der Waals surface area contributed by atoms with E-state index in [0.29, 0.717) is 16.2 Å². The standard InChI is InChI=1S/C21H22N4O2S/c1-15-8-5-6-13-24(15)18(26)14-28-21-23-19-17(11-7-12-22-19)20(27)25(21)16-9-3-2-4-10-16/h2-4,7,9-12,15H,5-6,8,13-14H2,1H3/t15-/m0/s1. The van der Waals surface area contributed by atoms with Crippen molar-refractivity contribution >= 4 is 28.7 Å². The van der Waals surface area contributed by atoms with Crippen molar-refractivity contribution in [3.8, 4) is 5.69 Å². The van der Waals surface area contributed by atoms with Gasteiger partial charge in [0.1, 0.15) is 0 Å². The molecule has 1 aliphatic heterocycles. The van der Waals surface area contributed by atoms with Gasteiger partial charge >= 0.3 is 0 Å². The normalized spacial score (nSPS) is 17.0. The lowest BCUT2D eigenvalue weighted by atomic mass is 10.0. The highest BCUT2D eigenvalue weighted by molar-refractivity contribution is 7.99. The number of carbonyl (C=O) groups is 1. The summed E-state index contributed by atoms with van der Waals surface area (Å²) in [5.74, 6) is 0.342. The van der Waals surface area contributed by atoms with E-state index < -0.39 is 0 Å². The molecule has 4 rings (SSSR count). The Morgan fingerprint density at radius 3 is 2.79 bits per heavy atom. The first-order valence-corrected chi connectivity index (χ1v) is 10.5. The van der Waals surface area contributed by atoms with Gasteiger partial charge in [-0.2, -0.15) is 0 Å². The van der Waals surface area contributed by atoms with Crippen LogP contribution in [0.2, 0.25) is 0 Å². The fraction of sp³-hybridized carbons (Fsp3) is 0.333. The molecule has 2 aromatic heterocycles. The minimum absolute atomic E-state index is 0.0900. The minimum Gasteiger partial charge on any atom is -0.339 e. The number of nitrogens with zero attached hydrogens (tertiary/aromatic N) is 4. The largest absolute Gasteiger partial charge is 0.339 e. The fourth-order valence-electron chi connectivity index (χ4n) is 3.58. The molecule has 0 radical (unpaired) electrons. The maximum Gasteiger partial charge on any atom is 0.268 e. The predicted octanol–water partition coefficient (Wildman–Crippen LogP) is 3.27. The second-order valence-corrected chi connectivity index (χ2v) is 7.91. The topological polar surface area (TPSA) is 68.1 Å². The van der Waals surface area contributed by atoms with Crippen LogP contribution >= 0.6 is 11.8 Å². The Balaban J connectivity index is 1.69. The molecule has 3 aromatic rings. The van der Waals surface area contributed by atoms with E-state index in [2.05, 4.69) is 16.9 Å². The van der Waals surface area contributed by atoms with Gasteiger partial charge in [-0.3, -0.25) is 14.2 Å². The summed E-state index contributed by atoms with van der Waals surface area (Å²) in [5, 5.41) is 0.951. The number of pyridine rings is 1. The monoisotopic (exact) mass is 394 g/mol. The summed E-state index contributed by atoms with van der Waals surface area (Å²) >= 11 is 1.30. The van der Waals surface area contributed by atoms with Crippen molar-refractivity contribution in [1.29, 1.82) is 0 Å². The summed E-state index contributed by atoms with van der Waals surface area (Å²) in [6.45, 7) is 2.90. The van der Waals surface area contributed by atoms with E-state index in [1.54, 1.807) is 22.9 Å². The van der Waals surface area contributed by atoms with Crippen LogP contribution < -0.4 is 5.56 Å². The SMILES string of the molecule is C[C@H]1CCCCN1C(=O)CSc1nc2ncccc2c(=O)n1-c1ccccc1. The highest BCUT2D eigenvalue weighted by Crippen LogP contribution is 2.23. The summed E-state index contributed by atoms with van der Waals surface area (Å²) < 4.78 is 1.57. The number of likely N-dealkylation sites (tertiary alicyclic amines) is 1. The van der Waals surface area contributed by atoms with E-state index >= 15 is 0 Å². The van der Waals surface area contributed by atoms with Crippen LogP contribution in [0.4, 0.5) is 0 Å². The molecule has 1 amide bonds. The summed E-state index contributed by atoms with van der Waals surface area (Å²) in [5.41, 5.74) is 0.957. The molecule has 6 nitrogen and oxygen atoms in total. The lowest BCUT2D eigenvalue weighted by molar-refractivity contribution is -0.131. The van der Waals surface area contributed by atoms with Crippen LogP contribution in [0.25, 0.3) is 16.7 Å². The maximum absolute atomic E-state index is 13.1. The highest BCUT2D eigenvalue weighted by atomic mass is 32.2. The lowest BCUT2D eigenvalue weighted by Crippen LogP contribution is -2.43. The number of fused-ring (bicyclic) bond motifs is 1. The van der Waals surface area contributed by atoms with Gasteiger partial charge in [0.25, 0.3) is 5.56 Å². The molecule has 7 heteroatoms. The molecule has 3 heterocycles. The fourth-order valence-corrected chi connectivity index (χ4v) is 4.47. The first kappa shape index (κ1) is 18.7. The Morgan fingerprint density at radius 2 is 2.00 bits per heavy atom. The number of carbonyl (C=O) groups excluding carboxylic acids is 1. The summed E-state index contributed by atoms with van der Waals surface area (Å²) in [4.78, 5) is 36.6. The molecule has 144 valence electrons. The Kier molecular flexibility index (Phi) is 5.43. The Labute approximate surface area is 167 Å². The predicted molar refractivity (Wildman–Crippen MR) is 111 cm³/mol. The zero-order chi connectivity index (χ0) is 19.5. The van der Waals surface area contributed by atoms with E-state index in [4.69, 9.17) is 0 Å². The zero-order valence-electron chi connectivity index (χ0n) is 15.7. The first-order chi connectivity index (χ1) is 13.6. The van der Waals surface area contributed by atoms with Gasteiger partial charge in [0.15, 0.2) is 10.8 Å². The van der Waals surface area contributed by atoms with Crippen LogP contribution in [-0.4, -0.2) is 43.7 Å². The third kappa shape index (κ3) is 3.67. The van der Waals surface area contributed by atoms with E-state index in [1.807, 2.05) is 35.2 Å². The molecule has 0 unspecified atom stereocenters. The van der Waals surface area contributed by atoms with Crippen molar-refractivity contribution < 1.29 is 4.79 Å². The number of thioether (sulfide) groups is 1. The first-order valence-electron chi connectivity index (χ1n) is 9.50. The molecular formula is C21H22N4O2S. The quantitative estimate of drug-likeness (QED) is 0.502. The third-order valence-electron chi connectivity index (χ3n) is 5.08. The number of hydrogen-bond donors (Lipinski definition) is 0. The molecule has 0 N–H and O–H groups in total. The van der Waals surface area contributed by atoms with Crippen molar-refractivity contribution in [3.63, 3.8) is 0 Å². The number of hydrogen-bond acceptors (Lipinski definition) is 5. The molecule has 28 heavy (non-hydrogen) atoms. The molecular weight excluding hydrogens is 372 g/mol. The van der Waals surface area contributed by atoms with Crippen molar-refractivity contribution in [3.05, 3.63) is 59.0 Å². The van der Waals surface area contributed by atoms with Crippen LogP contribution in [-0.2, 0) is 4.79 Å². The van der Waals surface area contributed by atoms with E-state index in [-0.39, 0.29) is 23.3 Å². The van der Waals surface area contributed by atoms with E-state index in [9.17, 15) is 9.59 Å².